The Morgan fingerprint density at radius 1 is 1.06 bits per heavy atom. The van der Waals surface area contributed by atoms with E-state index in [1.54, 1.807) is 0 Å². The standard InChI is InChI=1S/C14H28N4/c1-2-3-4-5-6-9-12-18-13-14(16-17-18)10-7-8-11-15/h13H,2-12,15H2,1H3. The van der Waals surface area contributed by atoms with Gasteiger partial charge in [-0.2, -0.15) is 0 Å². The monoisotopic (exact) mass is 252 g/mol. The van der Waals surface area contributed by atoms with Crippen molar-refractivity contribution in [3.63, 3.8) is 0 Å². The second kappa shape index (κ2) is 10.1. The van der Waals surface area contributed by atoms with E-state index in [-0.39, 0.29) is 0 Å². The Balaban J connectivity index is 2.07. The van der Waals surface area contributed by atoms with Gasteiger partial charge in [0.25, 0.3) is 0 Å². The largest absolute Gasteiger partial charge is 0.330 e. The molecule has 1 rings (SSSR count). The number of rotatable bonds is 11. The van der Waals surface area contributed by atoms with E-state index in [0.29, 0.717) is 0 Å². The van der Waals surface area contributed by atoms with Gasteiger partial charge in [-0.15, -0.1) is 5.10 Å². The molecular formula is C14H28N4. The van der Waals surface area contributed by atoms with Crippen molar-refractivity contribution in [2.45, 2.75) is 71.3 Å². The molecule has 0 fully saturated rings. The average Bonchev–Trinajstić information content (AvgIpc) is 2.82. The number of hydrogen-bond acceptors (Lipinski definition) is 3. The zero-order valence-corrected chi connectivity index (χ0v) is 11.8. The van der Waals surface area contributed by atoms with Crippen molar-refractivity contribution in [2.24, 2.45) is 5.73 Å². The highest BCUT2D eigenvalue weighted by molar-refractivity contribution is 4.92. The highest BCUT2D eigenvalue weighted by atomic mass is 15.4. The molecule has 1 aromatic rings. The van der Waals surface area contributed by atoms with E-state index in [1.165, 1.54) is 38.5 Å². The van der Waals surface area contributed by atoms with Crippen molar-refractivity contribution >= 4 is 0 Å². The van der Waals surface area contributed by atoms with Crippen molar-refractivity contribution in [1.82, 2.24) is 15.0 Å². The average molecular weight is 252 g/mol. The molecule has 2 N–H and O–H groups in total. The first-order valence-corrected chi connectivity index (χ1v) is 7.46. The zero-order chi connectivity index (χ0) is 13.1. The van der Waals surface area contributed by atoms with Crippen LogP contribution in [0.5, 0.6) is 0 Å². The molecule has 4 nitrogen and oxygen atoms in total. The van der Waals surface area contributed by atoms with Crippen LogP contribution in [0.3, 0.4) is 0 Å². The van der Waals surface area contributed by atoms with E-state index in [1.807, 2.05) is 4.68 Å². The highest BCUT2D eigenvalue weighted by Crippen LogP contribution is 2.06. The third-order valence-electron chi connectivity index (χ3n) is 3.21. The molecule has 0 aliphatic rings. The summed E-state index contributed by atoms with van der Waals surface area (Å²) < 4.78 is 1.98. The Morgan fingerprint density at radius 3 is 2.61 bits per heavy atom. The molecule has 0 aliphatic heterocycles. The number of aromatic nitrogens is 3. The molecule has 0 saturated heterocycles. The van der Waals surface area contributed by atoms with Crippen LogP contribution in [0, 0.1) is 0 Å². The van der Waals surface area contributed by atoms with Crippen LogP contribution >= 0.6 is 0 Å². The lowest BCUT2D eigenvalue weighted by Gasteiger charge is -2.00. The minimum absolute atomic E-state index is 0.770. The third kappa shape index (κ3) is 6.74. The predicted molar refractivity (Wildman–Crippen MR) is 75.4 cm³/mol. The molecule has 0 aliphatic carbocycles. The van der Waals surface area contributed by atoms with Crippen molar-refractivity contribution in [3.8, 4) is 0 Å². The minimum atomic E-state index is 0.770. The second-order valence-corrected chi connectivity index (χ2v) is 4.99. The minimum Gasteiger partial charge on any atom is -0.330 e. The fourth-order valence-corrected chi connectivity index (χ4v) is 2.07. The van der Waals surface area contributed by atoms with Gasteiger partial charge in [-0.3, -0.25) is 4.68 Å². The van der Waals surface area contributed by atoms with Gasteiger partial charge in [0, 0.05) is 12.7 Å². The molecule has 104 valence electrons. The first-order chi connectivity index (χ1) is 8.86. The van der Waals surface area contributed by atoms with Crippen LogP contribution in [0.15, 0.2) is 6.20 Å². The van der Waals surface area contributed by atoms with Crippen LogP contribution in [0.2, 0.25) is 0 Å². The highest BCUT2D eigenvalue weighted by Gasteiger charge is 2.00. The molecule has 0 amide bonds. The van der Waals surface area contributed by atoms with E-state index < -0.39 is 0 Å². The van der Waals surface area contributed by atoms with Crippen LogP contribution < -0.4 is 5.73 Å². The number of aryl methyl sites for hydroxylation is 2. The Labute approximate surface area is 111 Å². The van der Waals surface area contributed by atoms with E-state index in [0.717, 1.165) is 38.0 Å². The molecule has 0 unspecified atom stereocenters. The van der Waals surface area contributed by atoms with Crippen molar-refractivity contribution < 1.29 is 0 Å². The summed E-state index contributed by atoms with van der Waals surface area (Å²) in [7, 11) is 0. The lowest BCUT2D eigenvalue weighted by Crippen LogP contribution is -1.99. The molecule has 1 heterocycles. The van der Waals surface area contributed by atoms with Crippen molar-refractivity contribution in [3.05, 3.63) is 11.9 Å². The van der Waals surface area contributed by atoms with Gasteiger partial charge < -0.3 is 5.73 Å². The third-order valence-corrected chi connectivity index (χ3v) is 3.21. The number of nitrogens with two attached hydrogens (primary N) is 1. The van der Waals surface area contributed by atoms with Gasteiger partial charge in [0.1, 0.15) is 0 Å². The van der Waals surface area contributed by atoms with Crippen molar-refractivity contribution in [2.75, 3.05) is 6.54 Å². The number of hydrogen-bond donors (Lipinski definition) is 1. The smallest absolute Gasteiger partial charge is 0.0827 e. The lowest BCUT2D eigenvalue weighted by atomic mass is 10.1. The number of nitrogens with zero attached hydrogens (tertiary/aromatic N) is 3. The van der Waals surface area contributed by atoms with Gasteiger partial charge in [-0.25, -0.2) is 0 Å². The molecule has 1 aromatic heterocycles. The van der Waals surface area contributed by atoms with Gasteiger partial charge in [0.05, 0.1) is 5.69 Å². The number of unbranched alkanes of at least 4 members (excludes halogenated alkanes) is 6. The summed E-state index contributed by atoms with van der Waals surface area (Å²) in [5, 5.41) is 8.35. The summed E-state index contributed by atoms with van der Waals surface area (Å²) in [6, 6.07) is 0. The Morgan fingerprint density at radius 2 is 1.83 bits per heavy atom. The van der Waals surface area contributed by atoms with E-state index in [9.17, 15) is 0 Å². The lowest BCUT2D eigenvalue weighted by molar-refractivity contribution is 0.516. The molecule has 0 saturated carbocycles. The van der Waals surface area contributed by atoms with Crippen LogP contribution in [-0.2, 0) is 13.0 Å². The molecule has 0 bridgehead atoms. The maximum atomic E-state index is 5.47. The second-order valence-electron chi connectivity index (χ2n) is 4.99. The maximum absolute atomic E-state index is 5.47. The molecule has 18 heavy (non-hydrogen) atoms. The fraction of sp³-hybridized carbons (Fsp3) is 0.857. The van der Waals surface area contributed by atoms with Gasteiger partial charge in [0.15, 0.2) is 0 Å². The molecule has 0 atom stereocenters. The Bertz CT molecular complexity index is 296. The van der Waals surface area contributed by atoms with Crippen LogP contribution in [0.25, 0.3) is 0 Å². The molecule has 4 heteroatoms. The van der Waals surface area contributed by atoms with E-state index in [4.69, 9.17) is 5.73 Å². The van der Waals surface area contributed by atoms with Crippen LogP contribution in [0.1, 0.15) is 64.0 Å². The summed E-state index contributed by atoms with van der Waals surface area (Å²) in [6.07, 6.45) is 13.2. The van der Waals surface area contributed by atoms with Crippen molar-refractivity contribution in [1.29, 1.82) is 0 Å². The molecule has 0 aromatic carbocycles. The first-order valence-electron chi connectivity index (χ1n) is 7.46. The predicted octanol–water partition coefficient (Wildman–Crippen LogP) is 2.92. The fourth-order valence-electron chi connectivity index (χ4n) is 2.07. The Kier molecular flexibility index (Phi) is 8.47. The van der Waals surface area contributed by atoms with Crippen LogP contribution in [-0.4, -0.2) is 21.5 Å². The van der Waals surface area contributed by atoms with E-state index >= 15 is 0 Å². The summed E-state index contributed by atoms with van der Waals surface area (Å²) in [5.41, 5.74) is 6.58. The molecule has 0 spiro atoms. The first kappa shape index (κ1) is 15.2. The maximum Gasteiger partial charge on any atom is 0.0827 e. The van der Waals surface area contributed by atoms with Gasteiger partial charge in [-0.1, -0.05) is 44.2 Å². The molecule has 0 radical (unpaired) electrons. The van der Waals surface area contributed by atoms with Gasteiger partial charge in [0.2, 0.25) is 0 Å². The van der Waals surface area contributed by atoms with E-state index in [2.05, 4.69) is 23.4 Å². The van der Waals surface area contributed by atoms with Gasteiger partial charge >= 0.3 is 0 Å². The summed E-state index contributed by atoms with van der Waals surface area (Å²) in [5.74, 6) is 0. The summed E-state index contributed by atoms with van der Waals surface area (Å²) in [6.45, 7) is 4.03. The normalized spacial score (nSPS) is 11.0. The summed E-state index contributed by atoms with van der Waals surface area (Å²) in [4.78, 5) is 0. The molecular weight excluding hydrogens is 224 g/mol. The quantitative estimate of drug-likeness (QED) is 0.616. The summed E-state index contributed by atoms with van der Waals surface area (Å²) >= 11 is 0. The topological polar surface area (TPSA) is 56.7 Å². The zero-order valence-electron chi connectivity index (χ0n) is 11.8. The SMILES string of the molecule is CCCCCCCCn1cc(CCCCN)nn1. The van der Waals surface area contributed by atoms with Crippen LogP contribution in [0.4, 0.5) is 0 Å². The Hall–Kier alpha value is -0.900. The van der Waals surface area contributed by atoms with Gasteiger partial charge in [-0.05, 0) is 32.2 Å².